The summed E-state index contributed by atoms with van der Waals surface area (Å²) in [6.07, 6.45) is 14.5. The van der Waals surface area contributed by atoms with E-state index < -0.39 is 43.4 Å². The minimum Gasteiger partial charge on any atom is -0.394 e. The van der Waals surface area contributed by atoms with E-state index in [-0.39, 0.29) is 13.0 Å². The first-order valence-electron chi connectivity index (χ1n) is 12.3. The van der Waals surface area contributed by atoms with E-state index in [0.29, 0.717) is 0 Å². The molecule has 0 radical (unpaired) electrons. The lowest BCUT2D eigenvalue weighted by atomic mass is 10.0. The molecule has 31 heavy (non-hydrogen) atoms. The van der Waals surface area contributed by atoms with Crippen molar-refractivity contribution in [2.24, 2.45) is 5.73 Å². The molecule has 0 saturated carbocycles. The van der Waals surface area contributed by atoms with Crippen LogP contribution in [0.3, 0.4) is 0 Å². The van der Waals surface area contributed by atoms with Gasteiger partial charge >= 0.3 is 0 Å². The van der Waals surface area contributed by atoms with E-state index >= 15 is 0 Å². The number of hydrogen-bond donors (Lipinski definition) is 5. The zero-order valence-corrected chi connectivity index (χ0v) is 19.4. The van der Waals surface area contributed by atoms with E-state index in [2.05, 4.69) is 6.92 Å². The van der Waals surface area contributed by atoms with Gasteiger partial charge in [0, 0.05) is 6.42 Å². The molecule has 0 aromatic heterocycles. The average Bonchev–Trinajstić information content (AvgIpc) is 2.77. The topological polar surface area (TPSA) is 125 Å². The molecule has 184 valence electrons. The first-order chi connectivity index (χ1) is 15.0. The Balaban J connectivity index is 2.03. The Kier molecular flexibility index (Phi) is 16.5. The Morgan fingerprint density at radius 3 is 2.16 bits per heavy atom. The van der Waals surface area contributed by atoms with E-state index in [9.17, 15) is 20.4 Å². The van der Waals surface area contributed by atoms with Crippen LogP contribution in [0.1, 0.15) is 90.4 Å². The minimum absolute atomic E-state index is 0.0512. The van der Waals surface area contributed by atoms with E-state index in [1.807, 2.05) is 6.08 Å². The normalized spacial score (nSPS) is 26.4. The van der Waals surface area contributed by atoms with Crippen LogP contribution in [0.2, 0.25) is 0 Å². The number of hydrogen-bond acceptors (Lipinski definition) is 7. The molecule has 0 spiro atoms. The van der Waals surface area contributed by atoms with Gasteiger partial charge in [0.05, 0.1) is 31.5 Å². The number of allylic oxidation sites excluding steroid dienone is 1. The maximum atomic E-state index is 10.2. The lowest BCUT2D eigenvalue weighted by Crippen LogP contribution is -2.51. The molecule has 0 aromatic carbocycles. The van der Waals surface area contributed by atoms with E-state index in [4.69, 9.17) is 15.2 Å². The van der Waals surface area contributed by atoms with Crippen LogP contribution < -0.4 is 5.73 Å². The van der Waals surface area contributed by atoms with Crippen LogP contribution in [-0.2, 0) is 9.47 Å². The third kappa shape index (κ3) is 12.9. The quantitative estimate of drug-likeness (QED) is 0.162. The molecule has 0 aliphatic carbocycles. The molecule has 1 fully saturated rings. The fraction of sp³-hybridized carbons (Fsp3) is 0.917. The maximum absolute atomic E-state index is 10.2. The highest BCUT2D eigenvalue weighted by atomic mass is 16.7. The molecule has 4 unspecified atom stereocenters. The first-order valence-corrected chi connectivity index (χ1v) is 12.3. The van der Waals surface area contributed by atoms with Gasteiger partial charge in [-0.2, -0.15) is 0 Å². The van der Waals surface area contributed by atoms with Crippen molar-refractivity contribution in [3.05, 3.63) is 12.2 Å². The molecule has 1 heterocycles. The Labute approximate surface area is 188 Å². The van der Waals surface area contributed by atoms with E-state index in [1.54, 1.807) is 6.08 Å². The van der Waals surface area contributed by atoms with Crippen molar-refractivity contribution >= 4 is 0 Å². The summed E-state index contributed by atoms with van der Waals surface area (Å²) in [4.78, 5) is 0. The van der Waals surface area contributed by atoms with Crippen LogP contribution in [0.4, 0.5) is 0 Å². The summed E-state index contributed by atoms with van der Waals surface area (Å²) >= 11 is 0. The second kappa shape index (κ2) is 18.0. The third-order valence-corrected chi connectivity index (χ3v) is 5.94. The van der Waals surface area contributed by atoms with Gasteiger partial charge < -0.3 is 35.6 Å². The van der Waals surface area contributed by atoms with Gasteiger partial charge in [0.1, 0.15) is 12.2 Å². The smallest absolute Gasteiger partial charge is 0.160 e. The highest BCUT2D eigenvalue weighted by Gasteiger charge is 2.37. The number of aliphatic hydroxyl groups excluding tert-OH is 4. The van der Waals surface area contributed by atoms with Crippen molar-refractivity contribution in [1.29, 1.82) is 0 Å². The minimum atomic E-state index is -1.14. The largest absolute Gasteiger partial charge is 0.394 e. The molecule has 6 N–H and O–H groups in total. The summed E-state index contributed by atoms with van der Waals surface area (Å²) in [7, 11) is 0. The van der Waals surface area contributed by atoms with E-state index in [1.165, 1.54) is 64.2 Å². The number of nitrogens with two attached hydrogens (primary N) is 1. The van der Waals surface area contributed by atoms with Crippen LogP contribution in [0.25, 0.3) is 0 Å². The molecule has 1 rings (SSSR count). The first kappa shape index (κ1) is 28.5. The summed E-state index contributed by atoms with van der Waals surface area (Å²) in [5.74, 6) is 0. The highest BCUT2D eigenvalue weighted by molar-refractivity contribution is 4.94. The van der Waals surface area contributed by atoms with Gasteiger partial charge in [0.15, 0.2) is 6.29 Å². The van der Waals surface area contributed by atoms with Crippen molar-refractivity contribution in [3.8, 4) is 0 Å². The molecule has 7 heteroatoms. The molecule has 7 nitrogen and oxygen atoms in total. The van der Waals surface area contributed by atoms with Crippen LogP contribution in [0.15, 0.2) is 12.2 Å². The molecule has 0 amide bonds. The summed E-state index contributed by atoms with van der Waals surface area (Å²) in [6.45, 7) is 1.89. The van der Waals surface area contributed by atoms with Crippen molar-refractivity contribution in [3.63, 3.8) is 0 Å². The molecule has 0 bridgehead atoms. The molecule has 1 saturated heterocycles. The molecule has 6 atom stereocenters. The zero-order chi connectivity index (χ0) is 22.9. The summed E-state index contributed by atoms with van der Waals surface area (Å²) in [6, 6.07) is -0.617. The predicted octanol–water partition coefficient (Wildman–Crippen LogP) is 2.78. The van der Waals surface area contributed by atoms with Crippen LogP contribution in [0.5, 0.6) is 0 Å². The fourth-order valence-corrected chi connectivity index (χ4v) is 3.80. The SMILES string of the molecule is CCCCCCCCCCCCCC=C[C@@H](O)[C@@H](N)COC1CC(O)C(O)C(CO)O1. The number of unbranched alkanes of at least 4 members (excludes halogenated alkanes) is 11. The molecular formula is C24H47NO6. The van der Waals surface area contributed by atoms with Gasteiger partial charge in [-0.05, 0) is 12.8 Å². The van der Waals surface area contributed by atoms with Crippen molar-refractivity contribution in [2.45, 2.75) is 127 Å². The second-order valence-corrected chi connectivity index (χ2v) is 8.82. The van der Waals surface area contributed by atoms with Gasteiger partial charge in [-0.1, -0.05) is 83.3 Å². The van der Waals surface area contributed by atoms with Crippen molar-refractivity contribution in [2.75, 3.05) is 13.2 Å². The highest BCUT2D eigenvalue weighted by Crippen LogP contribution is 2.21. The monoisotopic (exact) mass is 445 g/mol. The zero-order valence-electron chi connectivity index (χ0n) is 19.4. The molecule has 1 aliphatic heterocycles. The number of ether oxygens (including phenoxy) is 2. The lowest BCUT2D eigenvalue weighted by molar-refractivity contribution is -0.258. The second-order valence-electron chi connectivity index (χ2n) is 8.82. The maximum Gasteiger partial charge on any atom is 0.160 e. The fourth-order valence-electron chi connectivity index (χ4n) is 3.80. The van der Waals surface area contributed by atoms with Crippen LogP contribution >= 0.6 is 0 Å². The van der Waals surface area contributed by atoms with Crippen LogP contribution in [-0.4, -0.2) is 70.4 Å². The standard InChI is InChI=1S/C24H47NO6/c1-2-3-4-5-6-7-8-9-10-11-12-13-14-15-20(27)19(25)18-30-23-16-21(28)24(29)22(17-26)31-23/h14-15,19-24,26-29H,2-13,16-18,25H2,1H3/t19-,20+,21?,22?,23?,24?/m0/s1. The lowest BCUT2D eigenvalue weighted by Gasteiger charge is -2.36. The van der Waals surface area contributed by atoms with Gasteiger partial charge in [-0.3, -0.25) is 0 Å². The van der Waals surface area contributed by atoms with Crippen LogP contribution in [0, 0.1) is 0 Å². The van der Waals surface area contributed by atoms with Gasteiger partial charge in [-0.25, -0.2) is 0 Å². The summed E-state index contributed by atoms with van der Waals surface area (Å²) in [5, 5.41) is 38.8. The Morgan fingerprint density at radius 2 is 1.58 bits per heavy atom. The average molecular weight is 446 g/mol. The van der Waals surface area contributed by atoms with Gasteiger partial charge in [0.2, 0.25) is 0 Å². The molecular weight excluding hydrogens is 398 g/mol. The third-order valence-electron chi connectivity index (χ3n) is 5.94. The summed E-state index contributed by atoms with van der Waals surface area (Å²) < 4.78 is 10.9. The number of aliphatic hydroxyl groups is 4. The van der Waals surface area contributed by atoms with Gasteiger partial charge in [0.25, 0.3) is 0 Å². The molecule has 1 aliphatic rings. The Hall–Kier alpha value is -0.540. The number of rotatable bonds is 18. The van der Waals surface area contributed by atoms with E-state index in [0.717, 1.165) is 12.8 Å². The van der Waals surface area contributed by atoms with Crippen molar-refractivity contribution in [1.82, 2.24) is 0 Å². The Morgan fingerprint density at radius 1 is 1.00 bits per heavy atom. The molecule has 0 aromatic rings. The summed E-state index contributed by atoms with van der Waals surface area (Å²) in [5.41, 5.74) is 5.97. The van der Waals surface area contributed by atoms with Gasteiger partial charge in [-0.15, -0.1) is 0 Å². The predicted molar refractivity (Wildman–Crippen MR) is 123 cm³/mol. The van der Waals surface area contributed by atoms with Crippen molar-refractivity contribution < 1.29 is 29.9 Å². The Bertz CT molecular complexity index is 450.